The maximum absolute atomic E-state index is 14.0. The zero-order valence-corrected chi connectivity index (χ0v) is 12.5. The first-order valence-electron chi connectivity index (χ1n) is 6.52. The highest BCUT2D eigenvalue weighted by Gasteiger charge is 2.20. The molecule has 0 amide bonds. The van der Waals surface area contributed by atoms with Crippen LogP contribution in [-0.2, 0) is 0 Å². The van der Waals surface area contributed by atoms with Crippen LogP contribution < -0.4 is 9.47 Å². The van der Waals surface area contributed by atoms with E-state index in [1.54, 1.807) is 12.1 Å². The van der Waals surface area contributed by atoms with Gasteiger partial charge in [-0.15, -0.1) is 0 Å². The molecule has 110 valence electrons. The number of methoxy groups -OCH3 is 2. The maximum atomic E-state index is 14.0. The first-order valence-corrected chi connectivity index (χ1v) is 6.52. The largest absolute Gasteiger partial charge is 0.497 e. The van der Waals surface area contributed by atoms with Crippen LogP contribution in [0.3, 0.4) is 0 Å². The molecule has 4 heteroatoms. The second-order valence-corrected chi connectivity index (χ2v) is 4.76. The summed E-state index contributed by atoms with van der Waals surface area (Å²) in [4.78, 5) is 12.5. The van der Waals surface area contributed by atoms with E-state index < -0.39 is 11.6 Å². The van der Waals surface area contributed by atoms with Gasteiger partial charge in [0.1, 0.15) is 17.3 Å². The molecule has 21 heavy (non-hydrogen) atoms. The molecule has 2 rings (SSSR count). The smallest absolute Gasteiger partial charge is 0.199 e. The van der Waals surface area contributed by atoms with E-state index in [0.717, 1.165) is 11.1 Å². The molecular formula is C17H17FO3. The van der Waals surface area contributed by atoms with E-state index in [1.165, 1.54) is 26.4 Å². The fourth-order valence-corrected chi connectivity index (χ4v) is 2.18. The summed E-state index contributed by atoms with van der Waals surface area (Å²) in [6.07, 6.45) is 0. The Bertz CT molecular complexity index is 693. The third-order valence-corrected chi connectivity index (χ3v) is 3.55. The highest BCUT2D eigenvalue weighted by molar-refractivity contribution is 6.11. The van der Waals surface area contributed by atoms with Crippen molar-refractivity contribution >= 4 is 5.78 Å². The molecule has 0 radical (unpaired) electrons. The molecule has 2 aromatic carbocycles. The molecule has 0 atom stereocenters. The van der Waals surface area contributed by atoms with Crippen LogP contribution in [-0.4, -0.2) is 20.0 Å². The molecule has 0 aliphatic carbocycles. The second kappa shape index (κ2) is 5.95. The maximum Gasteiger partial charge on any atom is 0.199 e. The first-order chi connectivity index (χ1) is 9.99. The molecule has 0 unspecified atom stereocenters. The van der Waals surface area contributed by atoms with Crippen LogP contribution in [0.25, 0.3) is 0 Å². The summed E-state index contributed by atoms with van der Waals surface area (Å²) in [5.74, 6) is -0.166. The molecule has 0 N–H and O–H groups in total. The Kier molecular flexibility index (Phi) is 4.26. The lowest BCUT2D eigenvalue weighted by atomic mass is 9.97. The number of halogens is 1. The van der Waals surface area contributed by atoms with Crippen LogP contribution in [0.2, 0.25) is 0 Å². The van der Waals surface area contributed by atoms with Gasteiger partial charge in [-0.05, 0) is 43.2 Å². The number of rotatable bonds is 4. The van der Waals surface area contributed by atoms with Crippen molar-refractivity contribution in [2.45, 2.75) is 13.8 Å². The highest BCUT2D eigenvalue weighted by Crippen LogP contribution is 2.29. The van der Waals surface area contributed by atoms with Crippen LogP contribution >= 0.6 is 0 Å². The Balaban J connectivity index is 2.53. The molecule has 0 aliphatic rings. The predicted octanol–water partition coefficient (Wildman–Crippen LogP) is 3.69. The second-order valence-electron chi connectivity index (χ2n) is 4.76. The lowest BCUT2D eigenvalue weighted by Gasteiger charge is -2.13. The number of carbonyl (C=O) groups is 1. The molecule has 0 aliphatic heterocycles. The minimum absolute atomic E-state index is 0.00245. The van der Waals surface area contributed by atoms with Crippen LogP contribution in [0, 0.1) is 19.7 Å². The van der Waals surface area contributed by atoms with Gasteiger partial charge in [0.25, 0.3) is 0 Å². The van der Waals surface area contributed by atoms with E-state index in [0.29, 0.717) is 17.1 Å². The molecule has 0 heterocycles. The molecule has 0 fully saturated rings. The average molecular weight is 288 g/mol. The third-order valence-electron chi connectivity index (χ3n) is 3.55. The summed E-state index contributed by atoms with van der Waals surface area (Å²) in [5.41, 5.74) is 2.23. The summed E-state index contributed by atoms with van der Waals surface area (Å²) in [6.45, 7) is 3.80. The number of carbonyl (C=O) groups excluding carboxylic acids is 1. The van der Waals surface area contributed by atoms with E-state index >= 15 is 0 Å². The van der Waals surface area contributed by atoms with Crippen molar-refractivity contribution in [1.29, 1.82) is 0 Å². The fraction of sp³-hybridized carbons (Fsp3) is 0.235. The summed E-state index contributed by atoms with van der Waals surface area (Å²) >= 11 is 0. The molecule has 2 aromatic rings. The Morgan fingerprint density at radius 2 is 1.67 bits per heavy atom. The molecule has 0 saturated heterocycles. The minimum Gasteiger partial charge on any atom is -0.497 e. The van der Waals surface area contributed by atoms with Crippen molar-refractivity contribution < 1.29 is 18.7 Å². The Morgan fingerprint density at radius 3 is 2.24 bits per heavy atom. The Morgan fingerprint density at radius 1 is 1.00 bits per heavy atom. The number of aryl methyl sites for hydroxylation is 1. The van der Waals surface area contributed by atoms with E-state index in [9.17, 15) is 9.18 Å². The van der Waals surface area contributed by atoms with Crippen molar-refractivity contribution in [2.75, 3.05) is 14.2 Å². The summed E-state index contributed by atoms with van der Waals surface area (Å²) in [7, 11) is 2.95. The van der Waals surface area contributed by atoms with E-state index in [2.05, 4.69) is 0 Å². The number of hydrogen-bond donors (Lipinski definition) is 0. The molecular weight excluding hydrogens is 271 g/mol. The van der Waals surface area contributed by atoms with E-state index in [4.69, 9.17) is 9.47 Å². The zero-order valence-electron chi connectivity index (χ0n) is 12.5. The van der Waals surface area contributed by atoms with Crippen LogP contribution in [0.5, 0.6) is 11.5 Å². The zero-order chi connectivity index (χ0) is 15.6. The third kappa shape index (κ3) is 2.75. The fourth-order valence-electron chi connectivity index (χ4n) is 2.18. The normalized spacial score (nSPS) is 10.3. The van der Waals surface area contributed by atoms with Gasteiger partial charge in [0.2, 0.25) is 0 Å². The van der Waals surface area contributed by atoms with Crippen molar-refractivity contribution in [1.82, 2.24) is 0 Å². The van der Waals surface area contributed by atoms with Gasteiger partial charge in [-0.1, -0.05) is 6.07 Å². The average Bonchev–Trinajstić information content (AvgIpc) is 2.49. The topological polar surface area (TPSA) is 35.5 Å². The lowest BCUT2D eigenvalue weighted by molar-refractivity contribution is 0.103. The molecule has 0 bridgehead atoms. The monoisotopic (exact) mass is 288 g/mol. The lowest BCUT2D eigenvalue weighted by Crippen LogP contribution is -2.08. The van der Waals surface area contributed by atoms with Gasteiger partial charge in [-0.2, -0.15) is 0 Å². The molecule has 0 aromatic heterocycles. The molecule has 3 nitrogen and oxygen atoms in total. The van der Waals surface area contributed by atoms with Gasteiger partial charge in [-0.3, -0.25) is 4.79 Å². The van der Waals surface area contributed by atoms with Crippen molar-refractivity contribution in [2.24, 2.45) is 0 Å². The van der Waals surface area contributed by atoms with Gasteiger partial charge in [-0.25, -0.2) is 4.39 Å². The van der Waals surface area contributed by atoms with E-state index in [-0.39, 0.29) is 5.56 Å². The van der Waals surface area contributed by atoms with Crippen LogP contribution in [0.4, 0.5) is 4.39 Å². The quantitative estimate of drug-likeness (QED) is 0.805. The van der Waals surface area contributed by atoms with E-state index in [1.807, 2.05) is 19.9 Å². The van der Waals surface area contributed by atoms with Crippen molar-refractivity contribution in [3.05, 3.63) is 58.4 Å². The standard InChI is InChI=1S/C17H17FO3/c1-10-5-7-14(17(21-4)11(10)2)16(19)13-8-6-12(20-3)9-15(13)18/h5-9H,1-4H3. The minimum atomic E-state index is -0.611. The van der Waals surface area contributed by atoms with Gasteiger partial charge in [0, 0.05) is 6.07 Å². The van der Waals surface area contributed by atoms with Crippen molar-refractivity contribution in [3.8, 4) is 11.5 Å². The van der Waals surface area contributed by atoms with Gasteiger partial charge in [0.05, 0.1) is 25.3 Å². The van der Waals surface area contributed by atoms with Gasteiger partial charge in [0.15, 0.2) is 5.78 Å². The van der Waals surface area contributed by atoms with Crippen LogP contribution in [0.1, 0.15) is 27.0 Å². The predicted molar refractivity (Wildman–Crippen MR) is 78.9 cm³/mol. The number of ether oxygens (including phenoxy) is 2. The Hall–Kier alpha value is -2.36. The van der Waals surface area contributed by atoms with Gasteiger partial charge < -0.3 is 9.47 Å². The molecule has 0 saturated carbocycles. The first kappa shape index (κ1) is 15.0. The number of ketones is 1. The van der Waals surface area contributed by atoms with Gasteiger partial charge >= 0.3 is 0 Å². The van der Waals surface area contributed by atoms with Crippen LogP contribution in [0.15, 0.2) is 30.3 Å². The number of benzene rings is 2. The Labute approximate surface area is 123 Å². The summed E-state index contributed by atoms with van der Waals surface area (Å²) in [6, 6.07) is 7.66. The highest BCUT2D eigenvalue weighted by atomic mass is 19.1. The SMILES string of the molecule is COc1ccc(C(=O)c2ccc(C)c(C)c2OC)c(F)c1. The summed E-state index contributed by atoms with van der Waals surface area (Å²) < 4.78 is 24.3. The number of hydrogen-bond acceptors (Lipinski definition) is 3. The summed E-state index contributed by atoms with van der Waals surface area (Å²) in [5, 5.41) is 0. The molecule has 0 spiro atoms. The van der Waals surface area contributed by atoms with Crippen molar-refractivity contribution in [3.63, 3.8) is 0 Å².